The van der Waals surface area contributed by atoms with Crippen LogP contribution in [-0.4, -0.2) is 31.8 Å². The number of ether oxygens (including phenoxy) is 1. The van der Waals surface area contributed by atoms with E-state index in [0.29, 0.717) is 22.4 Å². The Morgan fingerprint density at radius 3 is 2.69 bits per heavy atom. The first-order valence-corrected chi connectivity index (χ1v) is 11.4. The molecule has 0 bridgehead atoms. The van der Waals surface area contributed by atoms with Crippen molar-refractivity contribution in [2.45, 2.75) is 46.5 Å². The number of para-hydroxylation sites is 1. The topological polar surface area (TPSA) is 81.9 Å². The largest absolute Gasteiger partial charge is 0.487 e. The van der Waals surface area contributed by atoms with E-state index in [2.05, 4.69) is 20.4 Å². The van der Waals surface area contributed by atoms with Crippen LogP contribution in [0.15, 0.2) is 42.7 Å². The van der Waals surface area contributed by atoms with Crippen LogP contribution in [0.4, 0.5) is 8.78 Å². The molecule has 0 saturated carbocycles. The third-order valence-electron chi connectivity index (χ3n) is 5.61. The van der Waals surface area contributed by atoms with Crippen molar-refractivity contribution >= 4 is 28.4 Å². The molecule has 0 aliphatic heterocycles. The summed E-state index contributed by atoms with van der Waals surface area (Å²) in [5.41, 5.74) is 3.06. The van der Waals surface area contributed by atoms with Crippen LogP contribution in [0.5, 0.6) is 5.75 Å². The number of rotatable bonds is 7. The first kappa shape index (κ1) is 24.5. The van der Waals surface area contributed by atoms with Crippen LogP contribution in [-0.2, 0) is 11.4 Å². The minimum absolute atomic E-state index is 0.0216. The molecule has 35 heavy (non-hydrogen) atoms. The average Bonchev–Trinajstić information content (AvgIpc) is 3.23. The van der Waals surface area contributed by atoms with Crippen molar-refractivity contribution in [1.29, 1.82) is 0 Å². The van der Waals surface area contributed by atoms with E-state index >= 15 is 0 Å². The molecule has 0 spiro atoms. The molecule has 0 radical (unpaired) electrons. The van der Waals surface area contributed by atoms with Crippen molar-refractivity contribution in [2.24, 2.45) is 0 Å². The van der Waals surface area contributed by atoms with Gasteiger partial charge in [0.2, 0.25) is 0 Å². The van der Waals surface area contributed by atoms with Crippen molar-refractivity contribution in [3.8, 4) is 11.4 Å². The fourth-order valence-electron chi connectivity index (χ4n) is 3.87. The van der Waals surface area contributed by atoms with Crippen molar-refractivity contribution < 1.29 is 18.3 Å². The van der Waals surface area contributed by atoms with Crippen molar-refractivity contribution in [3.63, 3.8) is 0 Å². The van der Waals surface area contributed by atoms with Crippen molar-refractivity contribution in [3.05, 3.63) is 76.2 Å². The second-order valence-corrected chi connectivity index (χ2v) is 8.65. The van der Waals surface area contributed by atoms with Gasteiger partial charge < -0.3 is 10.1 Å². The molecule has 0 fully saturated rings. The van der Waals surface area contributed by atoms with E-state index in [1.807, 2.05) is 32.0 Å². The van der Waals surface area contributed by atoms with Crippen LogP contribution in [0, 0.1) is 19.7 Å². The summed E-state index contributed by atoms with van der Waals surface area (Å²) >= 11 is 6.36. The molecule has 4 aromatic rings. The maximum absolute atomic E-state index is 14.2. The number of benzene rings is 2. The van der Waals surface area contributed by atoms with E-state index < -0.39 is 23.9 Å². The number of nitrogens with zero attached hydrogens (tertiary/aromatic N) is 4. The van der Waals surface area contributed by atoms with Gasteiger partial charge in [-0.1, -0.05) is 23.7 Å². The van der Waals surface area contributed by atoms with Crippen LogP contribution in [0.2, 0.25) is 5.02 Å². The number of alkyl halides is 1. The van der Waals surface area contributed by atoms with Crippen molar-refractivity contribution in [1.82, 2.24) is 25.1 Å². The second-order valence-electron chi connectivity index (χ2n) is 8.24. The van der Waals surface area contributed by atoms with E-state index in [4.69, 9.17) is 16.3 Å². The molecule has 0 unspecified atom stereocenters. The lowest BCUT2D eigenvalue weighted by atomic mass is 10.0. The number of hydrogen-bond acceptors (Lipinski definition) is 5. The normalized spacial score (nSPS) is 13.0. The van der Waals surface area contributed by atoms with Gasteiger partial charge in [-0.2, -0.15) is 5.10 Å². The summed E-state index contributed by atoms with van der Waals surface area (Å²) in [4.78, 5) is 20.7. The Morgan fingerprint density at radius 2 is 2.00 bits per heavy atom. The zero-order valence-corrected chi connectivity index (χ0v) is 20.4. The van der Waals surface area contributed by atoms with Gasteiger partial charge >= 0.3 is 0 Å². The summed E-state index contributed by atoms with van der Waals surface area (Å²) in [6.07, 6.45) is -0.215. The summed E-state index contributed by atoms with van der Waals surface area (Å²) in [6.45, 7) is 6.47. The molecule has 0 saturated heterocycles. The zero-order chi connectivity index (χ0) is 25.3. The Kier molecular flexibility index (Phi) is 6.98. The monoisotopic (exact) mass is 499 g/mol. The van der Waals surface area contributed by atoms with E-state index in [1.54, 1.807) is 17.7 Å². The summed E-state index contributed by atoms with van der Waals surface area (Å²) < 4.78 is 35.4. The van der Waals surface area contributed by atoms with Gasteiger partial charge in [0.15, 0.2) is 6.17 Å². The number of carbonyl (C=O) groups is 1. The number of pyridine rings is 1. The van der Waals surface area contributed by atoms with E-state index in [0.717, 1.165) is 29.5 Å². The molecule has 2 aromatic heterocycles. The maximum atomic E-state index is 14.2. The van der Waals surface area contributed by atoms with Crippen LogP contribution >= 0.6 is 11.6 Å². The zero-order valence-electron chi connectivity index (χ0n) is 19.6. The SMILES string of the molecule is Cc1cc(-n2ncnc2C)c2cccc(OCc3c(Cl)cc(F)cc3[C@H](C)NC(=O)[C@@H](C)F)c2n1. The highest BCUT2D eigenvalue weighted by atomic mass is 35.5. The number of fused-ring (bicyclic) bond motifs is 1. The summed E-state index contributed by atoms with van der Waals surface area (Å²) in [7, 11) is 0. The molecule has 182 valence electrons. The van der Waals surface area contributed by atoms with Crippen LogP contribution in [0.1, 0.15) is 42.5 Å². The Bertz CT molecular complexity index is 1410. The molecule has 4 rings (SSSR count). The minimum atomic E-state index is -1.70. The average molecular weight is 500 g/mol. The Morgan fingerprint density at radius 1 is 1.23 bits per heavy atom. The minimum Gasteiger partial charge on any atom is -0.487 e. The van der Waals surface area contributed by atoms with Gasteiger partial charge in [0.25, 0.3) is 5.91 Å². The highest BCUT2D eigenvalue weighted by molar-refractivity contribution is 6.31. The van der Waals surface area contributed by atoms with Gasteiger partial charge in [0, 0.05) is 16.6 Å². The number of halogens is 3. The smallest absolute Gasteiger partial charge is 0.254 e. The summed E-state index contributed by atoms with van der Waals surface area (Å²) in [5, 5.41) is 7.79. The van der Waals surface area contributed by atoms with E-state index in [9.17, 15) is 13.6 Å². The third kappa shape index (κ3) is 5.09. The van der Waals surface area contributed by atoms with Gasteiger partial charge in [-0.05, 0) is 57.5 Å². The Labute approximate surface area is 206 Å². The predicted octanol–water partition coefficient (Wildman–Crippen LogP) is 5.34. The number of carbonyl (C=O) groups excluding carboxylic acids is 1. The molecular weight excluding hydrogens is 476 g/mol. The highest BCUT2D eigenvalue weighted by Crippen LogP contribution is 2.32. The first-order chi connectivity index (χ1) is 16.7. The molecular formula is C25H24ClF2N5O2. The Hall–Kier alpha value is -3.59. The Balaban J connectivity index is 1.71. The maximum Gasteiger partial charge on any atom is 0.254 e. The fourth-order valence-corrected chi connectivity index (χ4v) is 4.14. The first-order valence-electron chi connectivity index (χ1n) is 11.0. The van der Waals surface area contributed by atoms with Crippen LogP contribution in [0.3, 0.4) is 0 Å². The molecule has 1 N–H and O–H groups in total. The van der Waals surface area contributed by atoms with Crippen LogP contribution < -0.4 is 10.1 Å². The number of hydrogen-bond donors (Lipinski definition) is 1. The molecule has 2 atom stereocenters. The third-order valence-corrected chi connectivity index (χ3v) is 5.95. The van der Waals surface area contributed by atoms with Crippen LogP contribution in [0.25, 0.3) is 16.6 Å². The van der Waals surface area contributed by atoms with Crippen molar-refractivity contribution in [2.75, 3.05) is 0 Å². The number of amides is 1. The lowest BCUT2D eigenvalue weighted by molar-refractivity contribution is -0.126. The molecule has 2 aromatic carbocycles. The van der Waals surface area contributed by atoms with Gasteiger partial charge in [-0.25, -0.2) is 23.4 Å². The lowest BCUT2D eigenvalue weighted by Crippen LogP contribution is -2.33. The molecule has 2 heterocycles. The molecule has 10 heteroatoms. The molecule has 0 aliphatic rings. The fraction of sp³-hybridized carbons (Fsp3) is 0.280. The lowest BCUT2D eigenvalue weighted by Gasteiger charge is -2.20. The van der Waals surface area contributed by atoms with Gasteiger partial charge in [0.05, 0.1) is 16.8 Å². The van der Waals surface area contributed by atoms with E-state index in [-0.39, 0.29) is 11.6 Å². The quantitative estimate of drug-likeness (QED) is 0.371. The standard InChI is InChI=1S/C25H24ClF2N5O2/c1-13-8-22(33-16(4)29-12-30-33)18-6-5-7-23(24(18)31-13)35-11-20-19(9-17(28)10-21(20)26)15(3)32-25(34)14(2)27/h5-10,12,14-15H,11H2,1-4H3,(H,32,34)/t14-,15+/m1/s1. The highest BCUT2D eigenvalue weighted by Gasteiger charge is 2.21. The van der Waals surface area contributed by atoms with Gasteiger partial charge in [0.1, 0.15) is 35.8 Å². The second kappa shape index (κ2) is 9.95. The summed E-state index contributed by atoms with van der Waals surface area (Å²) in [5.74, 6) is -0.150. The summed E-state index contributed by atoms with van der Waals surface area (Å²) in [6, 6.07) is 9.18. The predicted molar refractivity (Wildman–Crippen MR) is 129 cm³/mol. The number of nitrogens with one attached hydrogen (secondary N) is 1. The molecule has 7 nitrogen and oxygen atoms in total. The number of aryl methyl sites for hydroxylation is 2. The molecule has 1 amide bonds. The van der Waals surface area contributed by atoms with Gasteiger partial charge in [-0.15, -0.1) is 0 Å². The number of aromatic nitrogens is 4. The molecule has 0 aliphatic carbocycles. The van der Waals surface area contributed by atoms with E-state index in [1.165, 1.54) is 18.5 Å². The van der Waals surface area contributed by atoms with Gasteiger partial charge in [-0.3, -0.25) is 4.79 Å².